The van der Waals surface area contributed by atoms with Gasteiger partial charge in [-0.3, -0.25) is 14.3 Å². The second-order valence-corrected chi connectivity index (χ2v) is 4.94. The first-order valence-corrected chi connectivity index (χ1v) is 7.14. The summed E-state index contributed by atoms with van der Waals surface area (Å²) in [6, 6.07) is 0. The van der Waals surface area contributed by atoms with Crippen LogP contribution in [-0.4, -0.2) is 37.4 Å². The van der Waals surface area contributed by atoms with Gasteiger partial charge in [0.05, 0.1) is 6.61 Å². The molecule has 0 radical (unpaired) electrons. The molecule has 0 amide bonds. The number of anilines is 1. The van der Waals surface area contributed by atoms with Gasteiger partial charge in [-0.25, -0.2) is 4.79 Å². The zero-order valence-electron chi connectivity index (χ0n) is 12.3. The van der Waals surface area contributed by atoms with Crippen LogP contribution in [0.5, 0.6) is 0 Å². The van der Waals surface area contributed by atoms with Gasteiger partial charge in [-0.15, -0.1) is 0 Å². The fourth-order valence-electron chi connectivity index (χ4n) is 2.26. The average molecular weight is 295 g/mol. The lowest BCUT2D eigenvalue weighted by atomic mass is 10.2. The molecule has 0 atom stereocenters. The average Bonchev–Trinajstić information content (AvgIpc) is 2.81. The third-order valence-electron chi connectivity index (χ3n) is 3.39. The molecule has 8 heteroatoms. The van der Waals surface area contributed by atoms with Crippen LogP contribution in [0.25, 0.3) is 11.2 Å². The standard InChI is InChI=1S/C13H21N5O3/c1-3-4-5-6-14-12-15-10-9(18(12)7-8-19)11(20)16-13(21)17(10)2/h19H,3-8H2,1-2H3,(H,14,15)(H,16,20,21). The summed E-state index contributed by atoms with van der Waals surface area (Å²) in [6.07, 6.45) is 3.21. The zero-order chi connectivity index (χ0) is 15.4. The fraction of sp³-hybridized carbons (Fsp3) is 0.615. The normalized spacial score (nSPS) is 11.2. The first kappa shape index (κ1) is 15.3. The van der Waals surface area contributed by atoms with Crippen LogP contribution in [0.1, 0.15) is 26.2 Å². The number of rotatable bonds is 7. The van der Waals surface area contributed by atoms with Gasteiger partial charge in [0.2, 0.25) is 5.95 Å². The second kappa shape index (κ2) is 6.57. The van der Waals surface area contributed by atoms with E-state index < -0.39 is 11.2 Å². The monoisotopic (exact) mass is 295 g/mol. The molecule has 21 heavy (non-hydrogen) atoms. The summed E-state index contributed by atoms with van der Waals surface area (Å²) in [4.78, 5) is 30.2. The number of aliphatic hydroxyl groups excluding tert-OH is 1. The number of imidazole rings is 1. The van der Waals surface area contributed by atoms with E-state index in [1.807, 2.05) is 0 Å². The van der Waals surface area contributed by atoms with Crippen molar-refractivity contribution in [2.75, 3.05) is 18.5 Å². The van der Waals surface area contributed by atoms with E-state index in [0.29, 0.717) is 17.1 Å². The van der Waals surface area contributed by atoms with Crippen LogP contribution in [0.15, 0.2) is 9.59 Å². The number of hydrogen-bond donors (Lipinski definition) is 3. The third kappa shape index (κ3) is 2.99. The number of hydrogen-bond acceptors (Lipinski definition) is 5. The van der Waals surface area contributed by atoms with E-state index in [4.69, 9.17) is 0 Å². The smallest absolute Gasteiger partial charge is 0.329 e. The van der Waals surface area contributed by atoms with Gasteiger partial charge in [0.25, 0.3) is 5.56 Å². The molecule has 2 rings (SSSR count). The van der Waals surface area contributed by atoms with Crippen molar-refractivity contribution >= 4 is 17.1 Å². The van der Waals surface area contributed by atoms with Gasteiger partial charge < -0.3 is 15.0 Å². The number of nitrogens with one attached hydrogen (secondary N) is 2. The van der Waals surface area contributed by atoms with Crippen molar-refractivity contribution in [3.63, 3.8) is 0 Å². The molecule has 0 aromatic carbocycles. The molecular formula is C13H21N5O3. The molecule has 0 fully saturated rings. The molecule has 116 valence electrons. The number of aliphatic hydroxyl groups is 1. The van der Waals surface area contributed by atoms with E-state index in [-0.39, 0.29) is 13.2 Å². The summed E-state index contributed by atoms with van der Waals surface area (Å²) in [5.74, 6) is 0.502. The summed E-state index contributed by atoms with van der Waals surface area (Å²) >= 11 is 0. The third-order valence-corrected chi connectivity index (χ3v) is 3.39. The summed E-state index contributed by atoms with van der Waals surface area (Å²) < 4.78 is 2.90. The Morgan fingerprint density at radius 1 is 1.33 bits per heavy atom. The summed E-state index contributed by atoms with van der Waals surface area (Å²) in [7, 11) is 1.55. The minimum atomic E-state index is -0.501. The lowest BCUT2D eigenvalue weighted by Crippen LogP contribution is -2.29. The van der Waals surface area contributed by atoms with Crippen LogP contribution in [0, 0.1) is 0 Å². The molecule has 2 aromatic heterocycles. The highest BCUT2D eigenvalue weighted by Gasteiger charge is 2.16. The van der Waals surface area contributed by atoms with Crippen LogP contribution in [0.2, 0.25) is 0 Å². The van der Waals surface area contributed by atoms with E-state index >= 15 is 0 Å². The highest BCUT2D eigenvalue weighted by Crippen LogP contribution is 2.15. The minimum Gasteiger partial charge on any atom is -0.395 e. The first-order valence-electron chi connectivity index (χ1n) is 7.14. The van der Waals surface area contributed by atoms with Gasteiger partial charge in [0.1, 0.15) is 0 Å². The number of aryl methyl sites for hydroxylation is 1. The largest absolute Gasteiger partial charge is 0.395 e. The fourth-order valence-corrected chi connectivity index (χ4v) is 2.26. The molecule has 3 N–H and O–H groups in total. The lowest BCUT2D eigenvalue weighted by Gasteiger charge is -2.08. The van der Waals surface area contributed by atoms with Gasteiger partial charge in [-0.05, 0) is 6.42 Å². The van der Waals surface area contributed by atoms with Crippen molar-refractivity contribution in [2.45, 2.75) is 32.7 Å². The SMILES string of the molecule is CCCCCNc1nc2c(c(=O)[nH]c(=O)n2C)n1CCO. The van der Waals surface area contributed by atoms with E-state index in [1.165, 1.54) is 4.57 Å². The van der Waals surface area contributed by atoms with Crippen molar-refractivity contribution in [3.05, 3.63) is 20.8 Å². The van der Waals surface area contributed by atoms with Crippen LogP contribution >= 0.6 is 0 Å². The van der Waals surface area contributed by atoms with Gasteiger partial charge in [0, 0.05) is 20.1 Å². The Morgan fingerprint density at radius 2 is 2.10 bits per heavy atom. The predicted octanol–water partition coefficient (Wildman–Crippen LogP) is 0.0177. The summed E-state index contributed by atoms with van der Waals surface area (Å²) in [5.41, 5.74) is -0.381. The molecule has 0 aliphatic heterocycles. The minimum absolute atomic E-state index is 0.114. The van der Waals surface area contributed by atoms with Gasteiger partial charge >= 0.3 is 5.69 Å². The molecule has 0 saturated carbocycles. The highest BCUT2D eigenvalue weighted by molar-refractivity contribution is 5.74. The highest BCUT2D eigenvalue weighted by atomic mass is 16.3. The van der Waals surface area contributed by atoms with Crippen molar-refractivity contribution in [3.8, 4) is 0 Å². The van der Waals surface area contributed by atoms with Crippen LogP contribution in [0.4, 0.5) is 5.95 Å². The van der Waals surface area contributed by atoms with Crippen molar-refractivity contribution in [1.29, 1.82) is 0 Å². The first-order chi connectivity index (χ1) is 10.1. The van der Waals surface area contributed by atoms with Gasteiger partial charge in [-0.2, -0.15) is 4.98 Å². The Kier molecular flexibility index (Phi) is 4.79. The Morgan fingerprint density at radius 3 is 2.76 bits per heavy atom. The second-order valence-electron chi connectivity index (χ2n) is 4.94. The molecular weight excluding hydrogens is 274 g/mol. The van der Waals surface area contributed by atoms with E-state index in [1.54, 1.807) is 11.6 Å². The molecule has 8 nitrogen and oxygen atoms in total. The number of fused-ring (bicyclic) bond motifs is 1. The van der Waals surface area contributed by atoms with Crippen molar-refractivity contribution < 1.29 is 5.11 Å². The van der Waals surface area contributed by atoms with Crippen molar-refractivity contribution in [1.82, 2.24) is 19.1 Å². The molecule has 0 spiro atoms. The van der Waals surface area contributed by atoms with Crippen LogP contribution in [-0.2, 0) is 13.6 Å². The quantitative estimate of drug-likeness (QED) is 0.624. The van der Waals surface area contributed by atoms with Gasteiger partial charge in [0.15, 0.2) is 11.2 Å². The van der Waals surface area contributed by atoms with Gasteiger partial charge in [-0.1, -0.05) is 19.8 Å². The molecule has 0 saturated heterocycles. The molecule has 2 heterocycles. The number of nitrogens with zero attached hydrogens (tertiary/aromatic N) is 3. The predicted molar refractivity (Wildman–Crippen MR) is 80.7 cm³/mol. The maximum Gasteiger partial charge on any atom is 0.329 e. The van der Waals surface area contributed by atoms with E-state index in [0.717, 1.165) is 25.8 Å². The number of aromatic nitrogens is 4. The number of H-pyrrole nitrogens is 1. The zero-order valence-corrected chi connectivity index (χ0v) is 12.3. The Bertz CT molecular complexity index is 728. The summed E-state index contributed by atoms with van der Waals surface area (Å²) in [5, 5.41) is 12.4. The van der Waals surface area contributed by atoms with Crippen molar-refractivity contribution in [2.24, 2.45) is 7.05 Å². The topological polar surface area (TPSA) is 105 Å². The number of aromatic amines is 1. The summed E-state index contributed by atoms with van der Waals surface area (Å²) in [6.45, 7) is 2.98. The maximum absolute atomic E-state index is 12.0. The van der Waals surface area contributed by atoms with Crippen LogP contribution < -0.4 is 16.6 Å². The Balaban J connectivity index is 2.47. The Hall–Kier alpha value is -2.09. The van der Waals surface area contributed by atoms with Crippen LogP contribution in [0.3, 0.4) is 0 Å². The molecule has 0 unspecified atom stereocenters. The maximum atomic E-state index is 12.0. The molecule has 0 aliphatic carbocycles. The molecule has 2 aromatic rings. The lowest BCUT2D eigenvalue weighted by molar-refractivity contribution is 0.278. The molecule has 0 bridgehead atoms. The van der Waals surface area contributed by atoms with E-state index in [2.05, 4.69) is 22.2 Å². The number of unbranched alkanes of at least 4 members (excludes halogenated alkanes) is 2. The molecule has 0 aliphatic rings. The van der Waals surface area contributed by atoms with E-state index in [9.17, 15) is 14.7 Å². The Labute approximate surface area is 121 Å².